The zero-order valence-corrected chi connectivity index (χ0v) is 33.4. The maximum absolute atomic E-state index is 6.57. The Morgan fingerprint density at radius 2 is 1.28 bits per heavy atom. The summed E-state index contributed by atoms with van der Waals surface area (Å²) in [6.07, 6.45) is 7.22. The molecule has 0 radical (unpaired) electrons. The smallest absolute Gasteiger partial charge is 0.198 e. The third kappa shape index (κ3) is 4.92. The molecule has 0 amide bonds. The van der Waals surface area contributed by atoms with Crippen LogP contribution in [0, 0.1) is 13.8 Å². The van der Waals surface area contributed by atoms with Crippen LogP contribution in [0.5, 0.6) is 23.0 Å². The first-order valence-electron chi connectivity index (χ1n) is 19.2. The predicted molar refractivity (Wildman–Crippen MR) is 230 cm³/mol. The van der Waals surface area contributed by atoms with Crippen molar-refractivity contribution in [3.8, 4) is 34.1 Å². The zero-order chi connectivity index (χ0) is 37.3. The zero-order valence-electron chi connectivity index (χ0n) is 32.6. The number of anilines is 5. The lowest BCUT2D eigenvalue weighted by Gasteiger charge is -2.44. The van der Waals surface area contributed by atoms with Gasteiger partial charge in [0.2, 0.25) is 0 Å². The molecule has 6 heteroatoms. The molecule has 1 N–H and O–H groups in total. The molecule has 3 heterocycles. The van der Waals surface area contributed by atoms with Crippen molar-refractivity contribution in [3.05, 3.63) is 125 Å². The lowest BCUT2D eigenvalue weighted by Crippen LogP contribution is -2.42. The summed E-state index contributed by atoms with van der Waals surface area (Å²) in [5, 5.41) is 3.93. The fourth-order valence-electron chi connectivity index (χ4n) is 9.49. The lowest BCUT2D eigenvalue weighted by atomic mass is 9.57. The first-order valence-corrected chi connectivity index (χ1v) is 21.7. The number of fused-ring (bicyclic) bond motifs is 7. The largest absolute Gasteiger partial charge is 0.450 e. The van der Waals surface area contributed by atoms with Crippen LogP contribution in [0.3, 0.4) is 0 Å². The Labute approximate surface area is 322 Å². The second kappa shape index (κ2) is 11.5. The normalized spacial score (nSPS) is 18.0. The quantitative estimate of drug-likeness (QED) is 0.180. The van der Waals surface area contributed by atoms with E-state index in [1.807, 2.05) is 24.3 Å². The molecule has 4 aliphatic rings. The van der Waals surface area contributed by atoms with Crippen LogP contribution in [0.4, 0.5) is 28.4 Å². The number of hydrogen-bond acceptors (Lipinski definition) is 4. The van der Waals surface area contributed by atoms with Gasteiger partial charge in [-0.2, -0.15) is 10.0 Å². The molecule has 0 spiro atoms. The molecular weight excluding hydrogens is 679 g/mol. The molecular formula is C48H47BN2O2S. The topological polar surface area (TPSA) is 33.7 Å². The third-order valence-electron chi connectivity index (χ3n) is 12.6. The maximum Gasteiger partial charge on any atom is 0.198 e. The third-order valence-corrected chi connectivity index (χ3v) is 15.5. The molecule has 0 atom stereocenters. The van der Waals surface area contributed by atoms with Crippen LogP contribution in [-0.4, -0.2) is 19.8 Å². The molecule has 0 saturated heterocycles. The molecule has 0 saturated carbocycles. The minimum atomic E-state index is -1.24. The van der Waals surface area contributed by atoms with Gasteiger partial charge >= 0.3 is 0 Å². The number of ether oxygens (including phenoxy) is 2. The van der Waals surface area contributed by atoms with Gasteiger partial charge in [0.25, 0.3) is 0 Å². The monoisotopic (exact) mass is 726 g/mol. The summed E-state index contributed by atoms with van der Waals surface area (Å²) >= 11 is 0. The number of aryl methyl sites for hydroxylation is 2. The molecule has 0 unspecified atom stereocenters. The minimum absolute atomic E-state index is 0.0726. The van der Waals surface area contributed by atoms with Crippen LogP contribution in [0.15, 0.2) is 113 Å². The molecule has 4 nitrogen and oxygen atoms in total. The van der Waals surface area contributed by atoms with E-state index in [9.17, 15) is 0 Å². The van der Waals surface area contributed by atoms with Gasteiger partial charge in [0.1, 0.15) is 0 Å². The Kier molecular flexibility index (Phi) is 7.12. The number of benzene rings is 6. The molecule has 6 aromatic rings. The molecule has 1 aliphatic carbocycles. The Morgan fingerprint density at radius 1 is 0.630 bits per heavy atom. The van der Waals surface area contributed by atoms with E-state index >= 15 is 0 Å². The number of rotatable bonds is 2. The second-order valence-corrected chi connectivity index (χ2v) is 21.0. The highest BCUT2D eigenvalue weighted by Gasteiger charge is 2.40. The van der Waals surface area contributed by atoms with Gasteiger partial charge in [0.15, 0.2) is 30.3 Å². The van der Waals surface area contributed by atoms with E-state index in [-0.39, 0.29) is 10.8 Å². The van der Waals surface area contributed by atoms with Crippen molar-refractivity contribution >= 4 is 56.7 Å². The highest BCUT2D eigenvalue weighted by Crippen LogP contribution is 2.65. The summed E-state index contributed by atoms with van der Waals surface area (Å²) in [6, 6.07) is 38.0. The summed E-state index contributed by atoms with van der Waals surface area (Å²) < 4.78 is 13.1. The minimum Gasteiger partial charge on any atom is -0.450 e. The van der Waals surface area contributed by atoms with E-state index < -0.39 is 10.0 Å². The highest BCUT2D eigenvalue weighted by atomic mass is 32.3. The van der Waals surface area contributed by atoms with Gasteiger partial charge < -0.3 is 19.7 Å². The first kappa shape index (κ1) is 33.5. The van der Waals surface area contributed by atoms with Crippen molar-refractivity contribution in [2.45, 2.75) is 75.0 Å². The Morgan fingerprint density at radius 3 is 2.02 bits per heavy atom. The summed E-state index contributed by atoms with van der Waals surface area (Å²) in [7, 11) is -0.467. The average Bonchev–Trinajstić information content (AvgIpc) is 3.14. The summed E-state index contributed by atoms with van der Waals surface area (Å²) in [5.41, 5.74) is 16.8. The van der Waals surface area contributed by atoms with E-state index in [1.165, 1.54) is 83.3 Å². The Balaban J connectivity index is 1.22. The van der Waals surface area contributed by atoms with Crippen molar-refractivity contribution in [3.63, 3.8) is 0 Å². The van der Waals surface area contributed by atoms with Gasteiger partial charge in [0, 0.05) is 38.5 Å². The van der Waals surface area contributed by atoms with Crippen molar-refractivity contribution < 1.29 is 9.47 Å². The van der Waals surface area contributed by atoms with Gasteiger partial charge in [-0.1, -0.05) is 81.7 Å². The fraction of sp³-hybridized carbons (Fsp3) is 0.250. The fourth-order valence-corrected chi connectivity index (χ4v) is 11.9. The number of nitrogens with zero attached hydrogens (tertiary/aromatic N) is 1. The molecule has 54 heavy (non-hydrogen) atoms. The van der Waals surface area contributed by atoms with Crippen LogP contribution in [0.2, 0.25) is 0 Å². The van der Waals surface area contributed by atoms with E-state index in [0.717, 1.165) is 42.4 Å². The molecule has 0 fully saturated rings. The summed E-state index contributed by atoms with van der Waals surface area (Å²) in [5.74, 6) is 3.00. The van der Waals surface area contributed by atoms with Gasteiger partial charge in [-0.05, 0) is 132 Å². The second-order valence-electron chi connectivity index (χ2n) is 17.5. The molecule has 0 aromatic heterocycles. The van der Waals surface area contributed by atoms with E-state index in [0.29, 0.717) is 0 Å². The van der Waals surface area contributed by atoms with Gasteiger partial charge in [-0.3, -0.25) is 0 Å². The molecule has 6 aromatic carbocycles. The van der Waals surface area contributed by atoms with Crippen molar-refractivity contribution in [2.24, 2.45) is 0 Å². The van der Waals surface area contributed by atoms with E-state index in [4.69, 9.17) is 9.47 Å². The highest BCUT2D eigenvalue weighted by molar-refractivity contribution is 8.33. The van der Waals surface area contributed by atoms with Crippen LogP contribution in [0.1, 0.15) is 62.8 Å². The first-order chi connectivity index (χ1) is 25.8. The van der Waals surface area contributed by atoms with Crippen molar-refractivity contribution in [1.29, 1.82) is 0 Å². The predicted octanol–water partition coefficient (Wildman–Crippen LogP) is 11.9. The number of para-hydroxylation sites is 4. The standard InChI is InChI=1S/C48H47BN2O2S/c1-28-22-31(30-14-13-19-44-46(30)50-35-15-9-12-18-43(35)54(44,7)8)45-38(23-28)51(36-25-33-32(24-29(36)2)47(3,4)20-21-48(33,5)6)37-27-42-41(26-34(37)49-45)52-39-16-10-11-17-40(39)53-42/h9-19,22-27,49-50H,20-21H2,1-8H3. The lowest BCUT2D eigenvalue weighted by molar-refractivity contribution is 0.332. The van der Waals surface area contributed by atoms with Crippen LogP contribution in [-0.2, 0) is 10.8 Å². The molecule has 0 bridgehead atoms. The van der Waals surface area contributed by atoms with Crippen LogP contribution < -0.4 is 30.6 Å². The summed E-state index contributed by atoms with van der Waals surface area (Å²) in [6.45, 7) is 14.2. The van der Waals surface area contributed by atoms with E-state index in [1.54, 1.807) is 0 Å². The average molecular weight is 727 g/mol. The Bertz CT molecular complexity index is 2590. The molecule has 10 rings (SSSR count). The van der Waals surface area contributed by atoms with Crippen LogP contribution >= 0.6 is 10.0 Å². The van der Waals surface area contributed by atoms with Gasteiger partial charge in [-0.15, -0.1) is 0 Å². The van der Waals surface area contributed by atoms with Crippen LogP contribution in [0.25, 0.3) is 11.1 Å². The summed E-state index contributed by atoms with van der Waals surface area (Å²) in [4.78, 5) is 5.34. The maximum atomic E-state index is 6.57. The number of nitrogens with one attached hydrogen (secondary N) is 1. The van der Waals surface area contributed by atoms with Crippen molar-refractivity contribution in [1.82, 2.24) is 0 Å². The van der Waals surface area contributed by atoms with E-state index in [2.05, 4.69) is 143 Å². The molecule has 3 aliphatic heterocycles. The van der Waals surface area contributed by atoms with Gasteiger partial charge in [0.05, 0.1) is 11.4 Å². The Hall–Kier alpha value is -5.07. The van der Waals surface area contributed by atoms with Crippen molar-refractivity contribution in [2.75, 3.05) is 22.7 Å². The molecule has 270 valence electrons. The number of hydrogen-bond donors (Lipinski definition) is 1. The SMILES string of the molecule is Cc1cc(-c2cccc3c2Nc2ccccc2S3(C)C)c2c(c1)N(c1cc3c(cc1C)C(C)(C)CCC3(C)C)c1cc3c(cc1B2)Oc1ccccc1O3. The van der Waals surface area contributed by atoms with Gasteiger partial charge in [-0.25, -0.2) is 0 Å².